The lowest BCUT2D eigenvalue weighted by atomic mass is 9.98. The standard InChI is InChI=1S/C59H69N9O10S2/c1-40-55(80-39-62-40)45-11-9-42(10-12-45)35-61-56(73)51-34-50(70)37-68(51)58(75)41(2)63-52(71)19-26-76-28-30-78-31-29-77-27-20-53(72)67-24-22-66(23-25-67)49-17-15-43(16-18-49)46-13-14-47(48(33-46)38-69)36-65(3)54(44-7-5-4-6-8-44)57(74)64-59-60-21-32-79-59/h4-18,21,32-33,38-39,41,50-51,54,70H,19-20,22-31,34-37H2,1-3H3,(H,61,73)(H,63,71)(H,60,64,74)/t41-,50+,51-,54?/m0/s1. The molecule has 2 aliphatic heterocycles. The second kappa shape index (κ2) is 29.3. The van der Waals surface area contributed by atoms with E-state index in [9.17, 15) is 33.9 Å². The number of likely N-dealkylation sites (N-methyl/N-ethyl adjacent to an activating group) is 1. The van der Waals surface area contributed by atoms with Gasteiger partial charge in [-0.3, -0.25) is 33.7 Å². The van der Waals surface area contributed by atoms with E-state index in [4.69, 9.17) is 14.2 Å². The lowest BCUT2D eigenvalue weighted by Gasteiger charge is -2.36. The predicted molar refractivity (Wildman–Crippen MR) is 307 cm³/mol. The number of aromatic nitrogens is 2. The van der Waals surface area contributed by atoms with Gasteiger partial charge in [0.15, 0.2) is 5.13 Å². The van der Waals surface area contributed by atoms with Crippen molar-refractivity contribution in [2.24, 2.45) is 0 Å². The number of hydrogen-bond acceptors (Lipinski definition) is 16. The van der Waals surface area contributed by atoms with Crippen LogP contribution in [0.3, 0.4) is 0 Å². The Labute approximate surface area is 474 Å². The number of piperazine rings is 1. The minimum atomic E-state index is -0.913. The van der Waals surface area contributed by atoms with E-state index in [-0.39, 0.29) is 82.4 Å². The molecule has 2 fully saturated rings. The number of aldehydes is 1. The molecule has 422 valence electrons. The van der Waals surface area contributed by atoms with Crippen molar-refractivity contribution in [3.63, 3.8) is 0 Å². The maximum absolute atomic E-state index is 13.5. The van der Waals surface area contributed by atoms with Crippen molar-refractivity contribution in [3.8, 4) is 21.6 Å². The number of nitrogens with one attached hydrogen (secondary N) is 3. The van der Waals surface area contributed by atoms with E-state index in [2.05, 4.69) is 43.0 Å². The third kappa shape index (κ3) is 16.2. The normalized spacial score (nSPS) is 16.1. The molecule has 2 saturated heterocycles. The molecule has 2 aromatic heterocycles. The third-order valence-electron chi connectivity index (χ3n) is 14.1. The number of β-amino-alcohol motifs (C(OH)–C–C–N with tert-alkyl or cyclic N) is 1. The smallest absolute Gasteiger partial charge is 0.248 e. The number of ether oxygens (including phenoxy) is 3. The summed E-state index contributed by atoms with van der Waals surface area (Å²) in [5, 5.41) is 21.2. The monoisotopic (exact) mass is 1130 g/mol. The average molecular weight is 1130 g/mol. The van der Waals surface area contributed by atoms with Crippen LogP contribution < -0.4 is 20.9 Å². The summed E-state index contributed by atoms with van der Waals surface area (Å²) in [6, 6.07) is 29.0. The lowest BCUT2D eigenvalue weighted by Crippen LogP contribution is -2.52. The van der Waals surface area contributed by atoms with Gasteiger partial charge in [0.25, 0.3) is 0 Å². The van der Waals surface area contributed by atoms with Crippen molar-refractivity contribution in [1.29, 1.82) is 0 Å². The highest BCUT2D eigenvalue weighted by Gasteiger charge is 2.40. The topological polar surface area (TPSA) is 225 Å². The number of benzene rings is 4. The van der Waals surface area contributed by atoms with Gasteiger partial charge in [0, 0.05) is 81.5 Å². The molecule has 6 aromatic rings. The Morgan fingerprint density at radius 2 is 1.49 bits per heavy atom. The van der Waals surface area contributed by atoms with Gasteiger partial charge >= 0.3 is 0 Å². The van der Waals surface area contributed by atoms with Gasteiger partial charge in [-0.15, -0.1) is 22.7 Å². The van der Waals surface area contributed by atoms with Gasteiger partial charge in [-0.2, -0.15) is 0 Å². The van der Waals surface area contributed by atoms with Gasteiger partial charge in [0.05, 0.1) is 68.2 Å². The number of rotatable bonds is 27. The molecule has 0 aliphatic carbocycles. The molecule has 0 bridgehead atoms. The average Bonchev–Trinajstić information content (AvgIpc) is 4.26. The number of carbonyl (C=O) groups is 6. The zero-order chi connectivity index (χ0) is 56.4. The highest BCUT2D eigenvalue weighted by molar-refractivity contribution is 7.14. The first-order chi connectivity index (χ1) is 38.8. The van der Waals surface area contributed by atoms with Crippen molar-refractivity contribution in [2.45, 2.75) is 70.4 Å². The van der Waals surface area contributed by atoms with Crippen molar-refractivity contribution >= 4 is 69.3 Å². The Balaban J connectivity index is 0.660. The molecule has 21 heteroatoms. The Morgan fingerprint density at radius 3 is 2.15 bits per heavy atom. The summed E-state index contributed by atoms with van der Waals surface area (Å²) in [6.07, 6.45) is 2.03. The molecule has 19 nitrogen and oxygen atoms in total. The fourth-order valence-electron chi connectivity index (χ4n) is 9.78. The third-order valence-corrected chi connectivity index (χ3v) is 15.7. The van der Waals surface area contributed by atoms with E-state index < -0.39 is 30.1 Å². The number of aliphatic hydroxyl groups excluding tert-OH is 1. The summed E-state index contributed by atoms with van der Waals surface area (Å²) >= 11 is 2.92. The van der Waals surface area contributed by atoms with Crippen molar-refractivity contribution in [1.82, 2.24) is 35.3 Å². The number of hydrogen-bond donors (Lipinski definition) is 4. The first kappa shape index (κ1) is 58.9. The molecule has 1 unspecified atom stereocenters. The van der Waals surface area contributed by atoms with Crippen molar-refractivity contribution in [3.05, 3.63) is 142 Å². The maximum atomic E-state index is 13.5. The van der Waals surface area contributed by atoms with Gasteiger partial charge in [-0.1, -0.05) is 78.9 Å². The van der Waals surface area contributed by atoms with Crippen LogP contribution in [0, 0.1) is 6.92 Å². The van der Waals surface area contributed by atoms with Crippen LogP contribution in [0.5, 0.6) is 0 Å². The van der Waals surface area contributed by atoms with E-state index >= 15 is 0 Å². The molecule has 4 atom stereocenters. The predicted octanol–water partition coefficient (Wildman–Crippen LogP) is 6.13. The van der Waals surface area contributed by atoms with Gasteiger partial charge in [-0.25, -0.2) is 9.97 Å². The second-order valence-corrected chi connectivity index (χ2v) is 21.5. The van der Waals surface area contributed by atoms with Gasteiger partial charge in [-0.05, 0) is 72.5 Å². The zero-order valence-electron chi connectivity index (χ0n) is 45.3. The number of amides is 5. The van der Waals surface area contributed by atoms with E-state index in [0.29, 0.717) is 56.6 Å². The van der Waals surface area contributed by atoms with Crippen molar-refractivity contribution in [2.75, 3.05) is 89.6 Å². The summed E-state index contributed by atoms with van der Waals surface area (Å²) in [4.78, 5) is 95.2. The van der Waals surface area contributed by atoms with E-state index in [1.54, 1.807) is 30.0 Å². The Kier molecular flexibility index (Phi) is 21.6. The Hall–Kier alpha value is -7.24. The SMILES string of the molecule is Cc1ncsc1-c1ccc(CNC(=O)[C@@H]2C[C@@H](O)CN2C(=O)[C@H](C)NC(=O)CCOCCOCCOCCC(=O)N2CCN(c3ccc(-c4ccc(CN(C)C(C(=O)Nc5nccs5)c5ccccc5)c(C=O)c4)cc3)CC2)cc1. The summed E-state index contributed by atoms with van der Waals surface area (Å²) < 4.78 is 16.8. The molecule has 8 rings (SSSR count). The number of thiazole rings is 2. The first-order valence-electron chi connectivity index (χ1n) is 26.8. The number of likely N-dealkylation sites (tertiary alicyclic amines) is 1. The van der Waals surface area contributed by atoms with Gasteiger partial charge < -0.3 is 50.0 Å². The molecule has 0 saturated carbocycles. The molecular formula is C59H69N9O10S2. The minimum absolute atomic E-state index is 0.00544. The van der Waals surface area contributed by atoms with Crippen LogP contribution in [0.2, 0.25) is 0 Å². The van der Waals surface area contributed by atoms with E-state index in [1.807, 2.05) is 114 Å². The second-order valence-electron chi connectivity index (χ2n) is 19.7. The number of nitrogens with zero attached hydrogens (tertiary/aromatic N) is 6. The van der Waals surface area contributed by atoms with Crippen LogP contribution in [-0.4, -0.2) is 163 Å². The first-order valence-corrected chi connectivity index (χ1v) is 28.6. The largest absolute Gasteiger partial charge is 0.391 e. The highest BCUT2D eigenvalue weighted by Crippen LogP contribution is 2.30. The quantitative estimate of drug-likeness (QED) is 0.0337. The van der Waals surface area contributed by atoms with Gasteiger partial charge in [0.1, 0.15) is 24.4 Å². The lowest BCUT2D eigenvalue weighted by molar-refractivity contribution is -0.141. The van der Waals surface area contributed by atoms with Crippen LogP contribution in [-0.2, 0) is 51.3 Å². The molecule has 80 heavy (non-hydrogen) atoms. The Bertz CT molecular complexity index is 2990. The number of aliphatic hydroxyl groups is 1. The molecule has 5 amide bonds. The summed E-state index contributed by atoms with van der Waals surface area (Å²) in [5.41, 5.74) is 9.80. The van der Waals surface area contributed by atoms with Crippen LogP contribution in [0.25, 0.3) is 21.6 Å². The molecule has 0 radical (unpaired) electrons. The molecule has 4 heterocycles. The molecule has 4 aromatic carbocycles. The van der Waals surface area contributed by atoms with Crippen molar-refractivity contribution < 1.29 is 48.1 Å². The zero-order valence-corrected chi connectivity index (χ0v) is 46.9. The number of carbonyl (C=O) groups excluding carboxylic acids is 6. The van der Waals surface area contributed by atoms with Crippen LogP contribution >= 0.6 is 22.7 Å². The Morgan fingerprint density at radius 1 is 0.812 bits per heavy atom. The molecule has 0 spiro atoms. The summed E-state index contributed by atoms with van der Waals surface area (Å²) in [5.74, 6) is -1.39. The van der Waals surface area contributed by atoms with E-state index in [1.165, 1.54) is 16.2 Å². The molecule has 2 aliphatic rings. The molecular weight excluding hydrogens is 1060 g/mol. The van der Waals surface area contributed by atoms with Crippen LogP contribution in [0.15, 0.2) is 114 Å². The summed E-state index contributed by atoms with van der Waals surface area (Å²) in [7, 11) is 1.87. The van der Waals surface area contributed by atoms with E-state index in [0.717, 1.165) is 55.9 Å². The minimum Gasteiger partial charge on any atom is -0.391 e. The van der Waals surface area contributed by atoms with Gasteiger partial charge in [0.2, 0.25) is 29.5 Å². The number of anilines is 2. The maximum Gasteiger partial charge on any atom is 0.248 e. The van der Waals surface area contributed by atoms with Crippen LogP contribution in [0.4, 0.5) is 10.8 Å². The fourth-order valence-corrected chi connectivity index (χ4v) is 11.1. The number of aryl methyl sites for hydroxylation is 1. The van der Waals surface area contributed by atoms with Crippen LogP contribution in [0.1, 0.15) is 65.0 Å². The summed E-state index contributed by atoms with van der Waals surface area (Å²) in [6.45, 7) is 8.24. The highest BCUT2D eigenvalue weighted by atomic mass is 32.1. The fraction of sp³-hybridized carbons (Fsp3) is 0.390. The molecule has 4 N–H and O–H groups in total.